The number of quaternary nitrogens is 1. The van der Waals surface area contributed by atoms with Gasteiger partial charge in [-0.15, -0.1) is 10.2 Å². The Morgan fingerprint density at radius 1 is 1.27 bits per heavy atom. The number of aromatic nitrogens is 1. The van der Waals surface area contributed by atoms with Crippen LogP contribution in [0, 0.1) is 0 Å². The molecule has 0 atom stereocenters. The molecule has 0 bridgehead atoms. The lowest BCUT2D eigenvalue weighted by molar-refractivity contribution is -0.927. The number of benzene rings is 1. The molecule has 1 aliphatic rings. The molecule has 3 rings (SSSR count). The average Bonchev–Trinajstić information content (AvgIpc) is 2.79. The van der Waals surface area contributed by atoms with Gasteiger partial charge in [-0.05, 0) is 37.5 Å². The van der Waals surface area contributed by atoms with Gasteiger partial charge in [0.25, 0.3) is 0 Å². The van der Waals surface area contributed by atoms with E-state index in [0.29, 0.717) is 5.69 Å². The lowest BCUT2D eigenvalue weighted by atomic mass is 10.1. The van der Waals surface area contributed by atoms with E-state index in [1.807, 2.05) is 28.8 Å². The quantitative estimate of drug-likeness (QED) is 0.595. The molecule has 7 heteroatoms. The molecule has 1 fully saturated rings. The Bertz CT molecular complexity index is 718. The van der Waals surface area contributed by atoms with Crippen LogP contribution in [-0.2, 0) is 6.67 Å². The summed E-state index contributed by atoms with van der Waals surface area (Å²) in [6.45, 7) is 3.00. The van der Waals surface area contributed by atoms with Crippen LogP contribution >= 0.6 is 12.2 Å². The summed E-state index contributed by atoms with van der Waals surface area (Å²) in [7, 11) is 0. The molecule has 0 amide bonds. The van der Waals surface area contributed by atoms with Crippen molar-refractivity contribution in [3.63, 3.8) is 0 Å². The molecule has 4 N–H and O–H groups in total. The highest BCUT2D eigenvalue weighted by molar-refractivity contribution is 7.80. The van der Waals surface area contributed by atoms with Gasteiger partial charge in [0.05, 0.1) is 18.6 Å². The van der Waals surface area contributed by atoms with Gasteiger partial charge in [0.15, 0.2) is 12.4 Å². The van der Waals surface area contributed by atoms with Gasteiger partial charge in [0.2, 0.25) is 11.0 Å². The Balaban J connectivity index is 2.01. The molecule has 0 unspecified atom stereocenters. The first-order valence-electron chi connectivity index (χ1n) is 7.52. The van der Waals surface area contributed by atoms with Gasteiger partial charge < -0.3 is 15.7 Å². The van der Waals surface area contributed by atoms with Crippen molar-refractivity contribution in [3.8, 4) is 5.88 Å². The molecular formula is C15H20N5OS+. The fraction of sp³-hybridized carbons (Fsp3) is 0.400. The second-order valence-electron chi connectivity index (χ2n) is 5.62. The van der Waals surface area contributed by atoms with Crippen molar-refractivity contribution in [3.05, 3.63) is 24.3 Å². The number of thiocarbonyl (C=S) groups is 1. The first kappa shape index (κ1) is 14.9. The van der Waals surface area contributed by atoms with Crippen molar-refractivity contribution >= 4 is 33.9 Å². The van der Waals surface area contributed by atoms with Crippen LogP contribution in [0.3, 0.4) is 0 Å². The molecule has 1 aromatic carbocycles. The highest BCUT2D eigenvalue weighted by atomic mass is 32.1. The molecule has 1 aromatic heterocycles. The van der Waals surface area contributed by atoms with Crippen LogP contribution in [0.1, 0.15) is 19.3 Å². The van der Waals surface area contributed by atoms with Crippen LogP contribution in [0.5, 0.6) is 5.88 Å². The molecule has 0 saturated carbocycles. The number of nitrogens with two attached hydrogens (primary N) is 1. The third-order valence-electron chi connectivity index (χ3n) is 4.11. The Hall–Kier alpha value is -1.99. The molecule has 6 nitrogen and oxygen atoms in total. The maximum absolute atomic E-state index is 10.6. The summed E-state index contributed by atoms with van der Waals surface area (Å²) < 4.78 is 1.91. The van der Waals surface area contributed by atoms with Crippen molar-refractivity contribution in [2.45, 2.75) is 25.9 Å². The number of likely N-dealkylation sites (tertiary alicyclic amines) is 1. The van der Waals surface area contributed by atoms with Crippen LogP contribution in [0.15, 0.2) is 34.5 Å². The minimum absolute atomic E-state index is 0.0436. The van der Waals surface area contributed by atoms with E-state index in [0.717, 1.165) is 30.7 Å². The zero-order valence-corrected chi connectivity index (χ0v) is 13.1. The first-order valence-corrected chi connectivity index (χ1v) is 7.92. The SMILES string of the molecule is NC(=S)N=Nc1c(O)n(C[NH+]2CCCCC2)c2ccccc12. The lowest BCUT2D eigenvalue weighted by Crippen LogP contribution is -3.12. The zero-order chi connectivity index (χ0) is 15.5. The predicted octanol–water partition coefficient (Wildman–Crippen LogP) is 1.70. The van der Waals surface area contributed by atoms with E-state index in [1.54, 1.807) is 0 Å². The number of para-hydroxylation sites is 1. The predicted molar refractivity (Wildman–Crippen MR) is 89.5 cm³/mol. The van der Waals surface area contributed by atoms with Gasteiger partial charge in [0.1, 0.15) is 0 Å². The number of aromatic hydroxyl groups is 1. The number of hydrogen-bond acceptors (Lipinski definition) is 3. The summed E-state index contributed by atoms with van der Waals surface area (Å²) in [6, 6.07) is 7.78. The van der Waals surface area contributed by atoms with Gasteiger partial charge in [-0.1, -0.05) is 18.2 Å². The maximum atomic E-state index is 10.6. The fourth-order valence-corrected chi connectivity index (χ4v) is 3.10. The first-order chi connectivity index (χ1) is 10.7. The summed E-state index contributed by atoms with van der Waals surface area (Å²) in [5.74, 6) is 0.124. The molecule has 116 valence electrons. The number of nitrogens with one attached hydrogen (secondary N) is 1. The Labute approximate surface area is 134 Å². The minimum Gasteiger partial charge on any atom is -0.493 e. The summed E-state index contributed by atoms with van der Waals surface area (Å²) in [6.07, 6.45) is 3.78. The molecule has 22 heavy (non-hydrogen) atoms. The van der Waals surface area contributed by atoms with Crippen molar-refractivity contribution < 1.29 is 10.0 Å². The molecule has 2 heterocycles. The summed E-state index contributed by atoms with van der Waals surface area (Å²) in [5, 5.41) is 19.1. The van der Waals surface area contributed by atoms with Crippen molar-refractivity contribution in [1.29, 1.82) is 0 Å². The van der Waals surface area contributed by atoms with Crippen LogP contribution < -0.4 is 10.6 Å². The molecule has 0 radical (unpaired) electrons. The number of hydrogen-bond donors (Lipinski definition) is 3. The van der Waals surface area contributed by atoms with Gasteiger partial charge in [-0.3, -0.25) is 4.57 Å². The number of nitrogens with zero attached hydrogens (tertiary/aromatic N) is 3. The van der Waals surface area contributed by atoms with E-state index in [-0.39, 0.29) is 11.0 Å². The smallest absolute Gasteiger partial charge is 0.225 e. The number of azo groups is 1. The second kappa shape index (κ2) is 6.41. The van der Waals surface area contributed by atoms with Crippen LogP contribution in [-0.4, -0.2) is 27.9 Å². The highest BCUT2D eigenvalue weighted by Crippen LogP contribution is 2.38. The lowest BCUT2D eigenvalue weighted by Gasteiger charge is -2.24. The highest BCUT2D eigenvalue weighted by Gasteiger charge is 2.21. The van der Waals surface area contributed by atoms with E-state index in [1.165, 1.54) is 24.2 Å². The van der Waals surface area contributed by atoms with Crippen molar-refractivity contribution in [2.24, 2.45) is 16.0 Å². The van der Waals surface area contributed by atoms with Crippen molar-refractivity contribution in [1.82, 2.24) is 4.57 Å². The summed E-state index contributed by atoms with van der Waals surface area (Å²) in [5.41, 5.74) is 6.75. The van der Waals surface area contributed by atoms with Crippen molar-refractivity contribution in [2.75, 3.05) is 13.1 Å². The number of piperidine rings is 1. The molecule has 1 saturated heterocycles. The number of fused-ring (bicyclic) bond motifs is 1. The van der Waals surface area contributed by atoms with Gasteiger partial charge in [-0.25, -0.2) is 0 Å². The molecule has 2 aromatic rings. The van der Waals surface area contributed by atoms with Gasteiger partial charge in [0, 0.05) is 5.39 Å². The van der Waals surface area contributed by atoms with Gasteiger partial charge >= 0.3 is 0 Å². The third kappa shape index (κ3) is 2.95. The molecular weight excluding hydrogens is 298 g/mol. The summed E-state index contributed by atoms with van der Waals surface area (Å²) in [4.78, 5) is 1.47. The monoisotopic (exact) mass is 318 g/mol. The number of rotatable bonds is 3. The standard InChI is InChI=1S/C15H19N5OS/c16-15(22)18-17-13-11-6-2-3-7-12(11)20(14(13)21)10-19-8-4-1-5-9-19/h2-3,6-7,21H,1,4-5,8-10H2,(H2,16,22)/p+1. The minimum atomic E-state index is -0.0436. The van der Waals surface area contributed by atoms with E-state index < -0.39 is 0 Å². The zero-order valence-electron chi connectivity index (χ0n) is 12.3. The van der Waals surface area contributed by atoms with E-state index >= 15 is 0 Å². The fourth-order valence-electron chi connectivity index (χ4n) is 3.06. The van der Waals surface area contributed by atoms with E-state index in [4.69, 9.17) is 18.0 Å². The Kier molecular flexibility index (Phi) is 4.35. The van der Waals surface area contributed by atoms with Crippen LogP contribution in [0.2, 0.25) is 0 Å². The maximum Gasteiger partial charge on any atom is 0.225 e. The van der Waals surface area contributed by atoms with Crippen LogP contribution in [0.25, 0.3) is 10.9 Å². The summed E-state index contributed by atoms with van der Waals surface area (Å²) >= 11 is 4.72. The molecule has 1 aliphatic heterocycles. The van der Waals surface area contributed by atoms with E-state index in [9.17, 15) is 5.11 Å². The normalized spacial score (nSPS) is 16.5. The molecule has 0 spiro atoms. The average molecular weight is 318 g/mol. The second-order valence-corrected chi connectivity index (χ2v) is 6.04. The Morgan fingerprint density at radius 3 is 2.73 bits per heavy atom. The Morgan fingerprint density at radius 2 is 2.00 bits per heavy atom. The third-order valence-corrected chi connectivity index (χ3v) is 4.19. The topological polar surface area (TPSA) is 80.3 Å². The molecule has 0 aliphatic carbocycles. The largest absolute Gasteiger partial charge is 0.493 e. The van der Waals surface area contributed by atoms with Gasteiger partial charge in [-0.2, -0.15) is 0 Å². The van der Waals surface area contributed by atoms with E-state index in [2.05, 4.69) is 10.2 Å². The van der Waals surface area contributed by atoms with Crippen LogP contribution in [0.4, 0.5) is 5.69 Å².